The van der Waals surface area contributed by atoms with Gasteiger partial charge in [-0.15, -0.1) is 0 Å². The van der Waals surface area contributed by atoms with Crippen LogP contribution in [0.25, 0.3) is 0 Å². The highest BCUT2D eigenvalue weighted by Crippen LogP contribution is 2.24. The van der Waals surface area contributed by atoms with Gasteiger partial charge in [0.1, 0.15) is 12.6 Å². The monoisotopic (exact) mass is 535 g/mol. The Morgan fingerprint density at radius 3 is 1.92 bits per heavy atom. The lowest BCUT2D eigenvalue weighted by atomic mass is 10.1. The van der Waals surface area contributed by atoms with Crippen molar-refractivity contribution in [2.24, 2.45) is 5.92 Å². The third-order valence-electron chi connectivity index (χ3n) is 6.26. The average molecular weight is 536 g/mol. The van der Waals surface area contributed by atoms with E-state index >= 15 is 0 Å². The van der Waals surface area contributed by atoms with E-state index in [0.717, 1.165) is 21.0 Å². The van der Waals surface area contributed by atoms with Gasteiger partial charge in [0.2, 0.25) is 11.8 Å². The fraction of sp³-hybridized carbons (Fsp3) is 0.333. The van der Waals surface area contributed by atoms with Crippen molar-refractivity contribution in [3.8, 4) is 0 Å². The van der Waals surface area contributed by atoms with E-state index in [1.165, 1.54) is 17.0 Å². The van der Waals surface area contributed by atoms with Gasteiger partial charge in [0, 0.05) is 13.1 Å². The second kappa shape index (κ2) is 12.7. The highest BCUT2D eigenvalue weighted by Gasteiger charge is 2.32. The van der Waals surface area contributed by atoms with E-state index in [0.29, 0.717) is 12.2 Å². The number of rotatable bonds is 11. The number of amides is 2. The number of aryl methyl sites for hydroxylation is 2. The van der Waals surface area contributed by atoms with Crippen molar-refractivity contribution >= 4 is 27.5 Å². The summed E-state index contributed by atoms with van der Waals surface area (Å²) in [5, 5.41) is 2.89. The Kier molecular flexibility index (Phi) is 9.69. The predicted octanol–water partition coefficient (Wildman–Crippen LogP) is 4.69. The number of nitrogens with zero attached hydrogens (tertiary/aromatic N) is 2. The van der Waals surface area contributed by atoms with Crippen LogP contribution < -0.4 is 9.62 Å². The van der Waals surface area contributed by atoms with Gasteiger partial charge >= 0.3 is 0 Å². The number of benzene rings is 3. The van der Waals surface area contributed by atoms with Crippen LogP contribution in [0.15, 0.2) is 83.8 Å². The number of para-hydroxylation sites is 1. The molecule has 0 aromatic heterocycles. The van der Waals surface area contributed by atoms with Crippen molar-refractivity contribution in [1.82, 2.24) is 10.2 Å². The van der Waals surface area contributed by atoms with Crippen LogP contribution in [-0.4, -0.2) is 44.3 Å². The smallest absolute Gasteiger partial charge is 0.264 e. The van der Waals surface area contributed by atoms with Crippen LogP contribution in [-0.2, 0) is 26.2 Å². The molecule has 0 saturated carbocycles. The number of carbonyl (C=O) groups excluding carboxylic acids is 2. The van der Waals surface area contributed by atoms with Gasteiger partial charge in [-0.1, -0.05) is 79.6 Å². The summed E-state index contributed by atoms with van der Waals surface area (Å²) in [5.41, 5.74) is 3.22. The zero-order chi connectivity index (χ0) is 27.9. The molecular formula is C30H37N3O4S. The minimum Gasteiger partial charge on any atom is -0.354 e. The molecule has 38 heavy (non-hydrogen) atoms. The molecule has 0 saturated heterocycles. The molecule has 3 rings (SSSR count). The second-order valence-electron chi connectivity index (χ2n) is 9.98. The first-order valence-electron chi connectivity index (χ1n) is 12.8. The van der Waals surface area contributed by atoms with Crippen molar-refractivity contribution < 1.29 is 18.0 Å². The Bertz CT molecular complexity index is 1320. The maximum Gasteiger partial charge on any atom is 0.264 e. The number of hydrogen-bond acceptors (Lipinski definition) is 4. The molecule has 0 bridgehead atoms. The van der Waals surface area contributed by atoms with E-state index in [2.05, 4.69) is 5.32 Å². The fourth-order valence-corrected chi connectivity index (χ4v) is 5.30. The minimum absolute atomic E-state index is 0.0903. The standard InChI is InChI=1S/C30H37N3O4S/c1-22(2)19-31-30(35)25(5)32(20-26-15-11-23(3)12-16-26)29(34)21-33(27-9-7-6-8-10-27)38(36,37)28-17-13-24(4)14-18-28/h6-18,22,25H,19-21H2,1-5H3,(H,31,35). The molecule has 0 aliphatic heterocycles. The van der Waals surface area contributed by atoms with E-state index in [4.69, 9.17) is 0 Å². The molecule has 0 radical (unpaired) electrons. The lowest BCUT2D eigenvalue weighted by molar-refractivity contribution is -0.139. The van der Waals surface area contributed by atoms with E-state index in [9.17, 15) is 18.0 Å². The predicted molar refractivity (Wildman–Crippen MR) is 151 cm³/mol. The topological polar surface area (TPSA) is 86.8 Å². The van der Waals surface area contributed by atoms with Crippen LogP contribution in [0.4, 0.5) is 5.69 Å². The van der Waals surface area contributed by atoms with Crippen LogP contribution in [0.3, 0.4) is 0 Å². The summed E-state index contributed by atoms with van der Waals surface area (Å²) in [6, 6.07) is 22.0. The SMILES string of the molecule is Cc1ccc(CN(C(=O)CN(c2ccccc2)S(=O)(=O)c2ccc(C)cc2)C(C)C(=O)NCC(C)C)cc1. The highest BCUT2D eigenvalue weighted by atomic mass is 32.2. The van der Waals surface area contributed by atoms with Gasteiger partial charge in [-0.05, 0) is 56.5 Å². The summed E-state index contributed by atoms with van der Waals surface area (Å²) in [4.78, 5) is 28.4. The summed E-state index contributed by atoms with van der Waals surface area (Å²) in [5.74, 6) is -0.509. The molecule has 0 fully saturated rings. The summed E-state index contributed by atoms with van der Waals surface area (Å²) < 4.78 is 28.6. The minimum atomic E-state index is -4.06. The third-order valence-corrected chi connectivity index (χ3v) is 8.05. The van der Waals surface area contributed by atoms with Crippen LogP contribution in [0, 0.1) is 19.8 Å². The molecule has 3 aromatic carbocycles. The summed E-state index contributed by atoms with van der Waals surface area (Å²) in [6.45, 7) is 9.71. The molecule has 1 N–H and O–H groups in total. The van der Waals surface area contributed by atoms with Gasteiger partial charge in [-0.2, -0.15) is 0 Å². The normalized spacial score (nSPS) is 12.2. The number of nitrogens with one attached hydrogen (secondary N) is 1. The second-order valence-corrected chi connectivity index (χ2v) is 11.8. The first-order chi connectivity index (χ1) is 18.0. The van der Waals surface area contributed by atoms with Gasteiger partial charge in [-0.25, -0.2) is 8.42 Å². The van der Waals surface area contributed by atoms with E-state index in [1.807, 2.05) is 52.0 Å². The number of carbonyl (C=O) groups is 2. The molecule has 3 aromatic rings. The number of anilines is 1. The zero-order valence-electron chi connectivity index (χ0n) is 22.7. The quantitative estimate of drug-likeness (QED) is 0.386. The maximum absolute atomic E-state index is 13.9. The average Bonchev–Trinajstić information content (AvgIpc) is 2.90. The van der Waals surface area contributed by atoms with Gasteiger partial charge in [0.15, 0.2) is 0 Å². The molecule has 1 atom stereocenters. The first kappa shape index (κ1) is 28.9. The molecule has 2 amide bonds. The van der Waals surface area contributed by atoms with Gasteiger partial charge in [0.05, 0.1) is 10.6 Å². The fourth-order valence-electron chi connectivity index (χ4n) is 3.89. The molecule has 7 nitrogen and oxygen atoms in total. The molecule has 0 aliphatic rings. The Balaban J connectivity index is 1.97. The molecule has 202 valence electrons. The highest BCUT2D eigenvalue weighted by molar-refractivity contribution is 7.92. The number of hydrogen-bond donors (Lipinski definition) is 1. The molecule has 0 spiro atoms. The summed E-state index contributed by atoms with van der Waals surface area (Å²) in [7, 11) is -4.06. The van der Waals surface area contributed by atoms with E-state index in [-0.39, 0.29) is 23.3 Å². The molecule has 8 heteroatoms. The molecule has 1 unspecified atom stereocenters. The molecule has 0 aliphatic carbocycles. The van der Waals surface area contributed by atoms with Crippen molar-refractivity contribution in [3.63, 3.8) is 0 Å². The number of sulfonamides is 1. The van der Waals surface area contributed by atoms with E-state index in [1.54, 1.807) is 49.4 Å². The molecular weight excluding hydrogens is 498 g/mol. The van der Waals surface area contributed by atoms with Crippen LogP contribution >= 0.6 is 0 Å². The van der Waals surface area contributed by atoms with Gasteiger partial charge in [-0.3, -0.25) is 13.9 Å². The van der Waals surface area contributed by atoms with Crippen LogP contribution in [0.2, 0.25) is 0 Å². The van der Waals surface area contributed by atoms with Crippen LogP contribution in [0.5, 0.6) is 0 Å². The summed E-state index contributed by atoms with van der Waals surface area (Å²) in [6.07, 6.45) is 0. The van der Waals surface area contributed by atoms with Crippen molar-refractivity contribution in [3.05, 3.63) is 95.6 Å². The Hall–Kier alpha value is -3.65. The summed E-state index contributed by atoms with van der Waals surface area (Å²) >= 11 is 0. The van der Waals surface area contributed by atoms with Gasteiger partial charge < -0.3 is 10.2 Å². The zero-order valence-corrected chi connectivity index (χ0v) is 23.5. The molecule has 0 heterocycles. The maximum atomic E-state index is 13.9. The Morgan fingerprint density at radius 1 is 0.816 bits per heavy atom. The van der Waals surface area contributed by atoms with Crippen LogP contribution in [0.1, 0.15) is 37.5 Å². The Labute approximate surface area is 226 Å². The van der Waals surface area contributed by atoms with E-state index < -0.39 is 28.5 Å². The van der Waals surface area contributed by atoms with Gasteiger partial charge in [0.25, 0.3) is 10.0 Å². The third kappa shape index (κ3) is 7.44. The van der Waals surface area contributed by atoms with Crippen molar-refractivity contribution in [1.29, 1.82) is 0 Å². The van der Waals surface area contributed by atoms with Crippen molar-refractivity contribution in [2.75, 3.05) is 17.4 Å². The lowest BCUT2D eigenvalue weighted by Gasteiger charge is -2.32. The first-order valence-corrected chi connectivity index (χ1v) is 14.2. The largest absolute Gasteiger partial charge is 0.354 e. The lowest BCUT2D eigenvalue weighted by Crippen LogP contribution is -2.51. The Morgan fingerprint density at radius 2 is 1.37 bits per heavy atom. The van der Waals surface area contributed by atoms with Crippen molar-refractivity contribution in [2.45, 2.75) is 52.1 Å².